The number of rotatable bonds is 4. The fraction of sp³-hybridized carbons (Fsp3) is 0.533. The van der Waals surface area contributed by atoms with Crippen LogP contribution in [0.3, 0.4) is 0 Å². The lowest BCUT2D eigenvalue weighted by Crippen LogP contribution is -2.49. The summed E-state index contributed by atoms with van der Waals surface area (Å²) in [6.07, 6.45) is 1.36. The van der Waals surface area contributed by atoms with Crippen LogP contribution in [0.4, 0.5) is 0 Å². The minimum absolute atomic E-state index is 0.0371. The monoisotopic (exact) mass is 308 g/mol. The smallest absolute Gasteiger partial charge is 0.355 e. The normalized spacial score (nSPS) is 21.5. The number of carbonyl (C=O) groups is 3. The number of aromatic nitrogens is 1. The second-order valence-corrected chi connectivity index (χ2v) is 5.49. The molecule has 2 rings (SSSR count). The van der Waals surface area contributed by atoms with E-state index in [1.165, 1.54) is 19.2 Å². The average molecular weight is 308 g/mol. The summed E-state index contributed by atoms with van der Waals surface area (Å²) in [4.78, 5) is 39.4. The van der Waals surface area contributed by atoms with Crippen LogP contribution in [0, 0.1) is 0 Å². The Balaban J connectivity index is 1.87. The fourth-order valence-corrected chi connectivity index (χ4v) is 2.39. The molecule has 1 saturated heterocycles. The molecule has 2 heterocycles. The predicted molar refractivity (Wildman–Crippen MR) is 77.7 cm³/mol. The first-order valence-corrected chi connectivity index (χ1v) is 7.16. The summed E-state index contributed by atoms with van der Waals surface area (Å²) in [5.41, 5.74) is 0.552. The molecule has 7 nitrogen and oxygen atoms in total. The highest BCUT2D eigenvalue weighted by atomic mass is 16.5. The van der Waals surface area contributed by atoms with Gasteiger partial charge in [-0.05, 0) is 26.8 Å². The molecule has 1 N–H and O–H groups in total. The second kappa shape index (κ2) is 6.74. The van der Waals surface area contributed by atoms with Crippen molar-refractivity contribution in [3.63, 3.8) is 0 Å². The zero-order chi connectivity index (χ0) is 16.3. The maximum Gasteiger partial charge on any atom is 0.355 e. The summed E-state index contributed by atoms with van der Waals surface area (Å²) in [6.45, 7) is 5.83. The highest BCUT2D eigenvalue weighted by Crippen LogP contribution is 2.11. The lowest BCUT2D eigenvalue weighted by molar-refractivity contribution is -0.146. The summed E-state index contributed by atoms with van der Waals surface area (Å²) in [7, 11) is 0. The summed E-state index contributed by atoms with van der Waals surface area (Å²) in [6, 6.07) is 1.41. The lowest BCUT2D eigenvalue weighted by Gasteiger charge is -2.35. The molecule has 0 bridgehead atoms. The molecule has 0 aliphatic carbocycles. The van der Waals surface area contributed by atoms with E-state index in [0.29, 0.717) is 18.7 Å². The van der Waals surface area contributed by atoms with Gasteiger partial charge in [-0.25, -0.2) is 4.79 Å². The Morgan fingerprint density at radius 2 is 1.95 bits per heavy atom. The summed E-state index contributed by atoms with van der Waals surface area (Å²) < 4.78 is 10.5. The molecule has 120 valence electrons. The van der Waals surface area contributed by atoms with Crippen LogP contribution in [0.1, 0.15) is 41.6 Å². The molecule has 22 heavy (non-hydrogen) atoms. The van der Waals surface area contributed by atoms with Crippen LogP contribution >= 0.6 is 0 Å². The zero-order valence-electron chi connectivity index (χ0n) is 12.9. The number of ketones is 1. The number of Topliss-reactive ketones (excluding diaryl/α,β-unsaturated/α-hetero) is 1. The molecular formula is C15H20N2O5. The molecule has 0 aromatic carbocycles. The van der Waals surface area contributed by atoms with E-state index in [9.17, 15) is 14.4 Å². The van der Waals surface area contributed by atoms with Crippen molar-refractivity contribution in [2.24, 2.45) is 0 Å². The van der Waals surface area contributed by atoms with Crippen LogP contribution < -0.4 is 0 Å². The zero-order valence-corrected chi connectivity index (χ0v) is 12.9. The average Bonchev–Trinajstić information content (AvgIpc) is 2.93. The van der Waals surface area contributed by atoms with Crippen LogP contribution in [0.2, 0.25) is 0 Å². The third-order valence-electron chi connectivity index (χ3n) is 3.41. The van der Waals surface area contributed by atoms with E-state index in [2.05, 4.69) is 4.98 Å². The highest BCUT2D eigenvalue weighted by Gasteiger charge is 2.26. The summed E-state index contributed by atoms with van der Waals surface area (Å²) in [5, 5.41) is 0. The highest BCUT2D eigenvalue weighted by molar-refractivity contribution is 5.97. The largest absolute Gasteiger partial charge is 0.451 e. The maximum atomic E-state index is 12.1. The SMILES string of the molecule is CC(=O)c1c[nH]c(C(=O)OCC(=O)N2C[C@@H](C)O[C@@H](C)C2)c1. The number of esters is 1. The second-order valence-electron chi connectivity index (χ2n) is 5.49. The van der Waals surface area contributed by atoms with Gasteiger partial charge in [0.2, 0.25) is 0 Å². The first kappa shape index (κ1) is 16.2. The number of amides is 1. The van der Waals surface area contributed by atoms with Gasteiger partial charge in [0.05, 0.1) is 12.2 Å². The van der Waals surface area contributed by atoms with Gasteiger partial charge in [-0.1, -0.05) is 0 Å². The van der Waals surface area contributed by atoms with Crippen LogP contribution in [-0.4, -0.2) is 59.4 Å². The molecule has 1 amide bonds. The van der Waals surface area contributed by atoms with E-state index in [4.69, 9.17) is 9.47 Å². The number of morpholine rings is 1. The molecular weight excluding hydrogens is 288 g/mol. The standard InChI is InChI=1S/C15H20N2O5/c1-9-6-17(7-10(2)22-9)14(19)8-21-15(20)13-4-12(5-16-13)11(3)18/h4-5,9-10,16H,6-8H2,1-3H3/t9-,10+. The number of nitrogens with zero attached hydrogens (tertiary/aromatic N) is 1. The van der Waals surface area contributed by atoms with Gasteiger partial charge in [0.15, 0.2) is 12.4 Å². The van der Waals surface area contributed by atoms with Crippen molar-refractivity contribution in [2.75, 3.05) is 19.7 Å². The first-order valence-electron chi connectivity index (χ1n) is 7.16. The lowest BCUT2D eigenvalue weighted by atomic mass is 10.2. The number of carbonyl (C=O) groups excluding carboxylic acids is 3. The van der Waals surface area contributed by atoms with Crippen LogP contribution in [-0.2, 0) is 14.3 Å². The number of nitrogens with one attached hydrogen (secondary N) is 1. The van der Waals surface area contributed by atoms with Gasteiger partial charge in [-0.3, -0.25) is 9.59 Å². The molecule has 1 aliphatic rings. The Hall–Kier alpha value is -2.15. The van der Waals surface area contributed by atoms with Gasteiger partial charge in [-0.2, -0.15) is 0 Å². The third-order valence-corrected chi connectivity index (χ3v) is 3.41. The Morgan fingerprint density at radius 3 is 2.50 bits per heavy atom. The fourth-order valence-electron chi connectivity index (χ4n) is 2.39. The van der Waals surface area contributed by atoms with E-state index in [0.717, 1.165) is 0 Å². The van der Waals surface area contributed by atoms with Crippen molar-refractivity contribution >= 4 is 17.7 Å². The van der Waals surface area contributed by atoms with Crippen molar-refractivity contribution in [1.82, 2.24) is 9.88 Å². The summed E-state index contributed by atoms with van der Waals surface area (Å²) >= 11 is 0. The molecule has 0 radical (unpaired) electrons. The third kappa shape index (κ3) is 3.94. The molecule has 0 unspecified atom stereocenters. The summed E-state index contributed by atoms with van der Waals surface area (Å²) in [5.74, 6) is -1.06. The molecule has 1 aromatic heterocycles. The predicted octanol–water partition coefficient (Wildman–Crippen LogP) is 1.01. The first-order chi connectivity index (χ1) is 10.4. The minimum Gasteiger partial charge on any atom is -0.451 e. The molecule has 0 saturated carbocycles. The topological polar surface area (TPSA) is 88.7 Å². The van der Waals surface area contributed by atoms with Gasteiger partial charge in [0.1, 0.15) is 5.69 Å². The van der Waals surface area contributed by atoms with Crippen molar-refractivity contribution in [1.29, 1.82) is 0 Å². The van der Waals surface area contributed by atoms with E-state index in [1.54, 1.807) is 4.90 Å². The van der Waals surface area contributed by atoms with Gasteiger partial charge in [0.25, 0.3) is 5.91 Å². The molecule has 1 aliphatic heterocycles. The van der Waals surface area contributed by atoms with Crippen LogP contribution in [0.15, 0.2) is 12.3 Å². The molecule has 1 fully saturated rings. The van der Waals surface area contributed by atoms with Gasteiger partial charge in [-0.15, -0.1) is 0 Å². The quantitative estimate of drug-likeness (QED) is 0.662. The van der Waals surface area contributed by atoms with Crippen molar-refractivity contribution < 1.29 is 23.9 Å². The van der Waals surface area contributed by atoms with Crippen LogP contribution in [0.25, 0.3) is 0 Å². The maximum absolute atomic E-state index is 12.1. The molecule has 0 spiro atoms. The number of hydrogen-bond donors (Lipinski definition) is 1. The molecule has 1 aromatic rings. The minimum atomic E-state index is -0.657. The number of hydrogen-bond acceptors (Lipinski definition) is 5. The van der Waals surface area contributed by atoms with Gasteiger partial charge >= 0.3 is 5.97 Å². The van der Waals surface area contributed by atoms with Crippen LogP contribution in [0.5, 0.6) is 0 Å². The number of H-pyrrole nitrogens is 1. The Kier molecular flexibility index (Phi) is 4.97. The van der Waals surface area contributed by atoms with Gasteiger partial charge < -0.3 is 19.4 Å². The van der Waals surface area contributed by atoms with E-state index >= 15 is 0 Å². The van der Waals surface area contributed by atoms with Crippen molar-refractivity contribution in [2.45, 2.75) is 33.0 Å². The Morgan fingerprint density at radius 1 is 1.32 bits per heavy atom. The van der Waals surface area contributed by atoms with Crippen molar-refractivity contribution in [3.8, 4) is 0 Å². The van der Waals surface area contributed by atoms with E-state index < -0.39 is 5.97 Å². The number of ether oxygens (including phenoxy) is 2. The molecule has 7 heteroatoms. The van der Waals surface area contributed by atoms with E-state index in [1.807, 2.05) is 13.8 Å². The Labute approximate surface area is 128 Å². The molecule has 2 atom stereocenters. The Bertz CT molecular complexity index is 570. The van der Waals surface area contributed by atoms with Gasteiger partial charge in [0, 0.05) is 24.8 Å². The number of aromatic amines is 1. The van der Waals surface area contributed by atoms with Crippen molar-refractivity contribution in [3.05, 3.63) is 23.5 Å². The van der Waals surface area contributed by atoms with E-state index in [-0.39, 0.29) is 36.2 Å².